The number of unbranched alkanes of at least 4 members (excludes halogenated alkanes) is 18. The van der Waals surface area contributed by atoms with E-state index in [4.69, 9.17) is 4.74 Å². The molecular formula is C30H59NO2. The Kier molecular flexibility index (Phi) is 25.1. The van der Waals surface area contributed by atoms with Gasteiger partial charge in [0.2, 0.25) is 0 Å². The van der Waals surface area contributed by atoms with Crippen LogP contribution in [-0.4, -0.2) is 37.6 Å². The van der Waals surface area contributed by atoms with Crippen LogP contribution >= 0.6 is 0 Å². The van der Waals surface area contributed by atoms with Gasteiger partial charge in [0.1, 0.15) is 6.04 Å². The molecule has 0 saturated heterocycles. The van der Waals surface area contributed by atoms with Crippen molar-refractivity contribution in [3.05, 3.63) is 12.2 Å². The molecule has 3 nitrogen and oxygen atoms in total. The van der Waals surface area contributed by atoms with Gasteiger partial charge in [-0.25, -0.2) is 0 Å². The number of allylic oxidation sites excluding steroid dienone is 2. The SMILES string of the molecule is CCCCCCCCCCCCCCCC/C=C/CCCCCCC(C(=O)OCC)N(C)C. The number of hydrogen-bond acceptors (Lipinski definition) is 3. The van der Waals surface area contributed by atoms with Crippen molar-refractivity contribution < 1.29 is 9.53 Å². The van der Waals surface area contributed by atoms with E-state index in [2.05, 4.69) is 19.1 Å². The van der Waals surface area contributed by atoms with E-state index in [9.17, 15) is 4.79 Å². The van der Waals surface area contributed by atoms with Gasteiger partial charge >= 0.3 is 5.97 Å². The van der Waals surface area contributed by atoms with Gasteiger partial charge in [-0.2, -0.15) is 0 Å². The summed E-state index contributed by atoms with van der Waals surface area (Å²) in [4.78, 5) is 13.9. The average Bonchev–Trinajstić information content (AvgIpc) is 2.79. The molecule has 3 heteroatoms. The van der Waals surface area contributed by atoms with E-state index in [-0.39, 0.29) is 12.0 Å². The van der Waals surface area contributed by atoms with Crippen molar-refractivity contribution in [2.75, 3.05) is 20.7 Å². The Morgan fingerprint density at radius 1 is 0.636 bits per heavy atom. The highest BCUT2D eigenvalue weighted by Crippen LogP contribution is 2.14. The summed E-state index contributed by atoms with van der Waals surface area (Å²) in [6, 6.07) is -0.0880. The number of rotatable bonds is 25. The number of nitrogens with zero attached hydrogens (tertiary/aromatic N) is 1. The Morgan fingerprint density at radius 2 is 1.03 bits per heavy atom. The molecule has 0 aromatic heterocycles. The topological polar surface area (TPSA) is 29.5 Å². The highest BCUT2D eigenvalue weighted by molar-refractivity contribution is 5.75. The molecule has 0 aromatic rings. The second-order valence-electron chi connectivity index (χ2n) is 10.1. The lowest BCUT2D eigenvalue weighted by molar-refractivity contribution is -0.148. The van der Waals surface area contributed by atoms with Crippen LogP contribution in [0, 0.1) is 0 Å². The van der Waals surface area contributed by atoms with E-state index in [1.165, 1.54) is 122 Å². The van der Waals surface area contributed by atoms with Crippen LogP contribution in [0.1, 0.15) is 149 Å². The van der Waals surface area contributed by atoms with Crippen molar-refractivity contribution in [1.82, 2.24) is 4.90 Å². The van der Waals surface area contributed by atoms with Crippen LogP contribution in [0.2, 0.25) is 0 Å². The van der Waals surface area contributed by atoms with E-state index >= 15 is 0 Å². The van der Waals surface area contributed by atoms with E-state index in [1.807, 2.05) is 25.9 Å². The molecule has 0 aliphatic rings. The number of carbonyl (C=O) groups is 1. The Morgan fingerprint density at radius 3 is 1.42 bits per heavy atom. The first-order valence-electron chi connectivity index (χ1n) is 14.6. The number of carbonyl (C=O) groups excluding carboxylic acids is 1. The minimum atomic E-state index is -0.0880. The maximum absolute atomic E-state index is 12.0. The molecule has 33 heavy (non-hydrogen) atoms. The zero-order valence-corrected chi connectivity index (χ0v) is 23.1. The summed E-state index contributed by atoms with van der Waals surface area (Å²) < 4.78 is 5.18. The van der Waals surface area contributed by atoms with Gasteiger partial charge in [0.05, 0.1) is 6.61 Å². The van der Waals surface area contributed by atoms with Gasteiger partial charge in [0.15, 0.2) is 0 Å². The van der Waals surface area contributed by atoms with Gasteiger partial charge in [0, 0.05) is 0 Å². The maximum atomic E-state index is 12.0. The second-order valence-corrected chi connectivity index (χ2v) is 10.1. The van der Waals surface area contributed by atoms with E-state index in [1.54, 1.807) is 0 Å². The second kappa shape index (κ2) is 25.8. The number of ether oxygens (including phenoxy) is 1. The molecule has 0 amide bonds. The zero-order valence-electron chi connectivity index (χ0n) is 23.1. The zero-order chi connectivity index (χ0) is 24.4. The molecule has 0 aliphatic heterocycles. The summed E-state index contributed by atoms with van der Waals surface area (Å²) in [5, 5.41) is 0. The molecule has 196 valence electrons. The molecule has 1 atom stereocenters. The van der Waals surface area contributed by atoms with Gasteiger partial charge in [-0.1, -0.05) is 122 Å². The van der Waals surface area contributed by atoms with E-state index in [0.717, 1.165) is 12.8 Å². The van der Waals surface area contributed by atoms with Crippen molar-refractivity contribution in [2.45, 2.75) is 155 Å². The maximum Gasteiger partial charge on any atom is 0.323 e. The fourth-order valence-electron chi connectivity index (χ4n) is 4.47. The fraction of sp³-hybridized carbons (Fsp3) is 0.900. The number of esters is 1. The van der Waals surface area contributed by atoms with Crippen molar-refractivity contribution in [3.63, 3.8) is 0 Å². The Hall–Kier alpha value is -0.830. The molecule has 1 unspecified atom stereocenters. The van der Waals surface area contributed by atoms with Crippen LogP contribution in [-0.2, 0) is 9.53 Å². The van der Waals surface area contributed by atoms with Crippen molar-refractivity contribution in [2.24, 2.45) is 0 Å². The molecule has 0 aromatic carbocycles. The van der Waals surface area contributed by atoms with Crippen molar-refractivity contribution >= 4 is 5.97 Å². The van der Waals surface area contributed by atoms with Gasteiger partial charge in [-0.15, -0.1) is 0 Å². The lowest BCUT2D eigenvalue weighted by Crippen LogP contribution is -2.37. The van der Waals surface area contributed by atoms with Gasteiger partial charge < -0.3 is 4.74 Å². The molecule has 0 saturated carbocycles. The predicted octanol–water partition coefficient (Wildman–Crippen LogP) is 9.25. The van der Waals surface area contributed by atoms with Crippen molar-refractivity contribution in [3.8, 4) is 0 Å². The third-order valence-electron chi connectivity index (χ3n) is 6.67. The summed E-state index contributed by atoms with van der Waals surface area (Å²) in [6.45, 7) is 4.63. The molecule has 0 radical (unpaired) electrons. The molecule has 0 aliphatic carbocycles. The first-order valence-corrected chi connectivity index (χ1v) is 14.6. The number of hydrogen-bond donors (Lipinski definition) is 0. The molecule has 0 heterocycles. The minimum Gasteiger partial charge on any atom is -0.465 e. The summed E-state index contributed by atoms with van der Waals surface area (Å²) in [5.74, 6) is -0.0751. The lowest BCUT2D eigenvalue weighted by atomic mass is 10.0. The average molecular weight is 466 g/mol. The van der Waals surface area contributed by atoms with Gasteiger partial charge in [-0.05, 0) is 53.1 Å². The van der Waals surface area contributed by atoms with Crippen LogP contribution in [0.5, 0.6) is 0 Å². The third-order valence-corrected chi connectivity index (χ3v) is 6.67. The molecule has 0 spiro atoms. The monoisotopic (exact) mass is 465 g/mol. The summed E-state index contributed by atoms with van der Waals surface area (Å²) in [7, 11) is 3.93. The predicted molar refractivity (Wildman–Crippen MR) is 146 cm³/mol. The lowest BCUT2D eigenvalue weighted by Gasteiger charge is -2.22. The molecule has 0 N–H and O–H groups in total. The number of likely N-dealkylation sites (N-methyl/N-ethyl adjacent to an activating group) is 1. The summed E-state index contributed by atoms with van der Waals surface area (Å²) in [5.41, 5.74) is 0. The Bertz CT molecular complexity index is 433. The molecular weight excluding hydrogens is 406 g/mol. The van der Waals surface area contributed by atoms with Gasteiger partial charge in [-0.3, -0.25) is 9.69 Å². The van der Waals surface area contributed by atoms with Crippen LogP contribution in [0.15, 0.2) is 12.2 Å². The Balaban J connectivity index is 3.33. The highest BCUT2D eigenvalue weighted by Gasteiger charge is 2.21. The van der Waals surface area contributed by atoms with E-state index < -0.39 is 0 Å². The summed E-state index contributed by atoms with van der Waals surface area (Å²) in [6.07, 6.45) is 33.0. The fourth-order valence-corrected chi connectivity index (χ4v) is 4.47. The van der Waals surface area contributed by atoms with Crippen LogP contribution in [0.25, 0.3) is 0 Å². The molecule has 0 fully saturated rings. The largest absolute Gasteiger partial charge is 0.465 e. The van der Waals surface area contributed by atoms with Crippen molar-refractivity contribution in [1.29, 1.82) is 0 Å². The quantitative estimate of drug-likeness (QED) is 0.0764. The van der Waals surface area contributed by atoms with Crippen LogP contribution in [0.4, 0.5) is 0 Å². The highest BCUT2D eigenvalue weighted by atomic mass is 16.5. The minimum absolute atomic E-state index is 0.0751. The van der Waals surface area contributed by atoms with Crippen LogP contribution < -0.4 is 0 Å². The van der Waals surface area contributed by atoms with E-state index in [0.29, 0.717) is 6.61 Å². The first-order chi connectivity index (χ1) is 16.1. The summed E-state index contributed by atoms with van der Waals surface area (Å²) >= 11 is 0. The first kappa shape index (κ1) is 32.2. The third kappa shape index (κ3) is 22.7. The standard InChI is InChI=1S/C30H59NO2/c1-5-7-8-9-10-11-12-13-14-15-16-17-18-19-20-21-22-23-24-25-26-27-28-29(31(3)4)30(32)33-6-2/h21-22,29H,5-20,23-28H2,1-4H3/b22-21+. The molecule has 0 bridgehead atoms. The van der Waals surface area contributed by atoms with Crippen LogP contribution in [0.3, 0.4) is 0 Å². The molecule has 0 rings (SSSR count). The Labute approximate surface area is 208 Å². The smallest absolute Gasteiger partial charge is 0.323 e. The van der Waals surface area contributed by atoms with Gasteiger partial charge in [0.25, 0.3) is 0 Å². The normalized spacial score (nSPS) is 12.6.